The average Bonchev–Trinajstić information content (AvgIpc) is 1.97. The molecule has 0 fully saturated rings. The minimum Gasteiger partial charge on any atom is -0.351 e. The topological polar surface area (TPSA) is 29.1 Å². The molecular formula is C6H8BrNO. The average molecular weight is 190 g/mol. The highest BCUT2D eigenvalue weighted by Gasteiger charge is 2.03. The van der Waals surface area contributed by atoms with Crippen molar-refractivity contribution in [2.75, 3.05) is 6.54 Å². The number of hydrogen-bond acceptors (Lipinski definition) is 1. The van der Waals surface area contributed by atoms with Gasteiger partial charge in [-0.25, -0.2) is 0 Å². The van der Waals surface area contributed by atoms with E-state index in [1.165, 1.54) is 0 Å². The molecule has 0 saturated heterocycles. The summed E-state index contributed by atoms with van der Waals surface area (Å²) in [5.74, 6) is 0.140. The molecule has 0 atom stereocenters. The van der Waals surface area contributed by atoms with Crippen LogP contribution in [0, 0.1) is 0 Å². The molecule has 50 valence electrons. The predicted octanol–water partition coefficient (Wildman–Crippen LogP) is 1.18. The molecule has 1 aliphatic heterocycles. The Balaban J connectivity index is 2.48. The van der Waals surface area contributed by atoms with Gasteiger partial charge in [0.1, 0.15) is 0 Å². The molecule has 0 radical (unpaired) electrons. The van der Waals surface area contributed by atoms with Crippen molar-refractivity contribution in [1.29, 1.82) is 0 Å². The highest BCUT2D eigenvalue weighted by Crippen LogP contribution is 2.08. The van der Waals surface area contributed by atoms with E-state index in [0.717, 1.165) is 10.9 Å². The Bertz CT molecular complexity index is 153. The molecule has 0 spiro atoms. The second kappa shape index (κ2) is 3.01. The van der Waals surface area contributed by atoms with Crippen molar-refractivity contribution in [3.63, 3.8) is 0 Å². The molecule has 0 aromatic heterocycles. The van der Waals surface area contributed by atoms with Crippen LogP contribution in [0.1, 0.15) is 12.8 Å². The molecule has 1 aliphatic rings. The van der Waals surface area contributed by atoms with Crippen LogP contribution in [0.5, 0.6) is 0 Å². The fourth-order valence-electron chi connectivity index (χ4n) is 0.703. The van der Waals surface area contributed by atoms with Crippen molar-refractivity contribution >= 4 is 21.8 Å². The van der Waals surface area contributed by atoms with Gasteiger partial charge in [0.05, 0.1) is 0 Å². The number of carbonyl (C=O) groups is 1. The minimum atomic E-state index is 0.140. The summed E-state index contributed by atoms with van der Waals surface area (Å²) in [6.45, 7) is 0.652. The molecular weight excluding hydrogens is 182 g/mol. The van der Waals surface area contributed by atoms with Gasteiger partial charge in [-0.15, -0.1) is 0 Å². The second-order valence-corrected chi connectivity index (χ2v) is 2.98. The van der Waals surface area contributed by atoms with E-state index in [1.807, 2.05) is 6.08 Å². The van der Waals surface area contributed by atoms with Gasteiger partial charge in [0, 0.05) is 17.4 Å². The van der Waals surface area contributed by atoms with E-state index in [9.17, 15) is 4.79 Å². The third-order valence-electron chi connectivity index (χ3n) is 1.19. The zero-order valence-electron chi connectivity index (χ0n) is 4.98. The van der Waals surface area contributed by atoms with Crippen LogP contribution in [0.15, 0.2) is 10.6 Å². The lowest BCUT2D eigenvalue weighted by atomic mass is 10.3. The highest BCUT2D eigenvalue weighted by atomic mass is 79.9. The summed E-state index contributed by atoms with van der Waals surface area (Å²) in [6, 6.07) is 0. The largest absolute Gasteiger partial charge is 0.351 e. The quantitative estimate of drug-likeness (QED) is 0.610. The van der Waals surface area contributed by atoms with Crippen molar-refractivity contribution in [2.45, 2.75) is 12.8 Å². The van der Waals surface area contributed by atoms with E-state index >= 15 is 0 Å². The minimum absolute atomic E-state index is 0.140. The Morgan fingerprint density at radius 3 is 3.22 bits per heavy atom. The van der Waals surface area contributed by atoms with E-state index in [-0.39, 0.29) is 5.91 Å². The Labute approximate surface area is 62.4 Å². The third-order valence-corrected chi connectivity index (χ3v) is 1.80. The van der Waals surface area contributed by atoms with Crippen molar-refractivity contribution in [1.82, 2.24) is 5.32 Å². The van der Waals surface area contributed by atoms with Gasteiger partial charge >= 0.3 is 0 Å². The molecule has 0 aromatic carbocycles. The number of rotatable bonds is 0. The normalized spacial score (nSPS) is 20.1. The van der Waals surface area contributed by atoms with Gasteiger partial charge in [-0.3, -0.25) is 4.79 Å². The van der Waals surface area contributed by atoms with Crippen LogP contribution in [0.4, 0.5) is 0 Å². The Morgan fingerprint density at radius 2 is 2.44 bits per heavy atom. The SMILES string of the molecule is O=C1CCC=C(Br)CN1. The Kier molecular flexibility index (Phi) is 2.28. The first-order chi connectivity index (χ1) is 4.29. The molecule has 0 bridgehead atoms. The van der Waals surface area contributed by atoms with Gasteiger partial charge in [0.25, 0.3) is 0 Å². The lowest BCUT2D eigenvalue weighted by Crippen LogP contribution is -2.21. The molecule has 2 nitrogen and oxygen atoms in total. The van der Waals surface area contributed by atoms with E-state index < -0.39 is 0 Å². The summed E-state index contributed by atoms with van der Waals surface area (Å²) < 4.78 is 1.08. The van der Waals surface area contributed by atoms with Crippen molar-refractivity contribution in [2.24, 2.45) is 0 Å². The maximum atomic E-state index is 10.7. The molecule has 9 heavy (non-hydrogen) atoms. The number of halogens is 1. The number of amides is 1. The molecule has 0 aromatic rings. The zero-order valence-corrected chi connectivity index (χ0v) is 6.57. The van der Waals surface area contributed by atoms with E-state index in [2.05, 4.69) is 21.2 Å². The first kappa shape index (κ1) is 6.81. The first-order valence-corrected chi connectivity index (χ1v) is 3.69. The van der Waals surface area contributed by atoms with E-state index in [1.54, 1.807) is 0 Å². The standard InChI is InChI=1S/C6H8BrNO/c7-5-2-1-3-6(9)8-4-5/h2H,1,3-4H2,(H,8,9). The van der Waals surface area contributed by atoms with Crippen molar-refractivity contribution < 1.29 is 4.79 Å². The van der Waals surface area contributed by atoms with Crippen LogP contribution < -0.4 is 5.32 Å². The van der Waals surface area contributed by atoms with Gasteiger partial charge in [0.2, 0.25) is 5.91 Å². The maximum Gasteiger partial charge on any atom is 0.220 e. The zero-order chi connectivity index (χ0) is 6.69. The summed E-state index contributed by atoms with van der Waals surface area (Å²) in [6.07, 6.45) is 3.50. The van der Waals surface area contributed by atoms with Gasteiger partial charge in [-0.05, 0) is 6.42 Å². The number of hydrogen-bond donors (Lipinski definition) is 1. The van der Waals surface area contributed by atoms with Crippen LogP contribution >= 0.6 is 15.9 Å². The molecule has 0 aliphatic carbocycles. The van der Waals surface area contributed by atoms with Crippen LogP contribution in [0.2, 0.25) is 0 Å². The summed E-state index contributed by atoms with van der Waals surface area (Å²) >= 11 is 3.31. The van der Waals surface area contributed by atoms with Crippen LogP contribution in [-0.2, 0) is 4.79 Å². The monoisotopic (exact) mass is 189 g/mol. The predicted molar refractivity (Wildman–Crippen MR) is 39.3 cm³/mol. The molecule has 1 N–H and O–H groups in total. The van der Waals surface area contributed by atoms with Gasteiger partial charge in [0.15, 0.2) is 0 Å². The molecule has 1 amide bonds. The smallest absolute Gasteiger partial charge is 0.220 e. The number of carbonyl (C=O) groups excluding carboxylic acids is 1. The third kappa shape index (κ3) is 2.18. The summed E-state index contributed by atoms with van der Waals surface area (Å²) in [7, 11) is 0. The molecule has 0 saturated carbocycles. The van der Waals surface area contributed by atoms with E-state index in [0.29, 0.717) is 13.0 Å². The molecule has 3 heteroatoms. The Morgan fingerprint density at radius 1 is 1.67 bits per heavy atom. The van der Waals surface area contributed by atoms with Crippen molar-refractivity contribution in [3.05, 3.63) is 10.6 Å². The van der Waals surface area contributed by atoms with Gasteiger partial charge in [-0.1, -0.05) is 22.0 Å². The maximum absolute atomic E-state index is 10.7. The lowest BCUT2D eigenvalue weighted by molar-refractivity contribution is -0.120. The number of allylic oxidation sites excluding steroid dienone is 1. The summed E-state index contributed by atoms with van der Waals surface area (Å²) in [5.41, 5.74) is 0. The highest BCUT2D eigenvalue weighted by molar-refractivity contribution is 9.11. The van der Waals surface area contributed by atoms with Crippen molar-refractivity contribution in [3.8, 4) is 0 Å². The molecule has 1 heterocycles. The van der Waals surface area contributed by atoms with Crippen LogP contribution in [0.25, 0.3) is 0 Å². The summed E-state index contributed by atoms with van der Waals surface area (Å²) in [4.78, 5) is 10.7. The molecule has 1 rings (SSSR count). The Hall–Kier alpha value is -0.310. The number of nitrogens with one attached hydrogen (secondary N) is 1. The van der Waals surface area contributed by atoms with Crippen LogP contribution in [-0.4, -0.2) is 12.5 Å². The summed E-state index contributed by atoms with van der Waals surface area (Å²) in [5, 5.41) is 2.74. The second-order valence-electron chi connectivity index (χ2n) is 1.97. The fraction of sp³-hybridized carbons (Fsp3) is 0.500. The van der Waals surface area contributed by atoms with Gasteiger partial charge < -0.3 is 5.32 Å². The molecule has 0 unspecified atom stereocenters. The fourth-order valence-corrected chi connectivity index (χ4v) is 1.07. The van der Waals surface area contributed by atoms with Gasteiger partial charge in [-0.2, -0.15) is 0 Å². The van der Waals surface area contributed by atoms with Crippen LogP contribution in [0.3, 0.4) is 0 Å². The van der Waals surface area contributed by atoms with E-state index in [4.69, 9.17) is 0 Å². The first-order valence-electron chi connectivity index (χ1n) is 2.90. The lowest BCUT2D eigenvalue weighted by Gasteiger charge is -1.96.